The normalized spacial score (nSPS) is 18.3. The van der Waals surface area contributed by atoms with Crippen molar-refractivity contribution in [1.82, 2.24) is 15.1 Å². The average Bonchev–Trinajstić information content (AvgIpc) is 3.36. The predicted molar refractivity (Wildman–Crippen MR) is 110 cm³/mol. The molecule has 3 aromatic rings. The van der Waals surface area contributed by atoms with Crippen molar-refractivity contribution in [3.8, 4) is 0 Å². The fourth-order valence-corrected chi connectivity index (χ4v) is 4.05. The summed E-state index contributed by atoms with van der Waals surface area (Å²) in [6, 6.07) is 15.9. The number of amides is 3. The zero-order chi connectivity index (χ0) is 19.8. The van der Waals surface area contributed by atoms with Crippen molar-refractivity contribution in [1.29, 1.82) is 0 Å². The Labute approximate surface area is 168 Å². The van der Waals surface area contributed by atoms with Crippen LogP contribution in [0.25, 0.3) is 0 Å². The van der Waals surface area contributed by atoms with Gasteiger partial charge < -0.3 is 10.6 Å². The Bertz CT molecular complexity index is 1080. The number of fused-ring (bicyclic) bond motifs is 1. The summed E-state index contributed by atoms with van der Waals surface area (Å²) < 4.78 is 1.90. The maximum Gasteiger partial charge on any atom is 0.321 e. The molecule has 2 aromatic carbocycles. The quantitative estimate of drug-likeness (QED) is 0.722. The molecule has 0 saturated carbocycles. The number of anilines is 2. The lowest BCUT2D eigenvalue weighted by molar-refractivity contribution is -0.116. The van der Waals surface area contributed by atoms with E-state index in [0.29, 0.717) is 26.1 Å². The highest BCUT2D eigenvalue weighted by molar-refractivity contribution is 5.98. The van der Waals surface area contributed by atoms with Crippen LogP contribution in [0.3, 0.4) is 0 Å². The SMILES string of the molecule is O=C1CC(c2cnn(Cc3ccccc3)c2)c2ccc(N3CCNC3=O)cc2N1. The van der Waals surface area contributed by atoms with Crippen molar-refractivity contribution in [2.75, 3.05) is 23.3 Å². The molecule has 0 aliphatic carbocycles. The summed E-state index contributed by atoms with van der Waals surface area (Å²) in [6.07, 6.45) is 4.24. The molecular weight excluding hydrogens is 366 g/mol. The minimum absolute atomic E-state index is 0.0265. The van der Waals surface area contributed by atoms with Crippen LogP contribution in [-0.4, -0.2) is 34.8 Å². The Balaban J connectivity index is 1.43. The van der Waals surface area contributed by atoms with Gasteiger partial charge in [0.15, 0.2) is 0 Å². The smallest absolute Gasteiger partial charge is 0.321 e. The number of hydrogen-bond acceptors (Lipinski definition) is 3. The molecule has 1 saturated heterocycles. The third kappa shape index (κ3) is 3.35. The Kier molecular flexibility index (Phi) is 4.27. The molecule has 0 spiro atoms. The molecule has 2 N–H and O–H groups in total. The number of carbonyl (C=O) groups is 2. The number of hydrogen-bond donors (Lipinski definition) is 2. The Morgan fingerprint density at radius 2 is 1.97 bits per heavy atom. The fraction of sp³-hybridized carbons (Fsp3) is 0.227. The van der Waals surface area contributed by atoms with E-state index in [1.54, 1.807) is 4.90 Å². The third-order valence-corrected chi connectivity index (χ3v) is 5.49. The lowest BCUT2D eigenvalue weighted by Crippen LogP contribution is -2.28. The van der Waals surface area contributed by atoms with Crippen molar-refractivity contribution < 1.29 is 9.59 Å². The summed E-state index contributed by atoms with van der Waals surface area (Å²) >= 11 is 0. The van der Waals surface area contributed by atoms with E-state index in [1.807, 2.05) is 53.5 Å². The van der Waals surface area contributed by atoms with Crippen LogP contribution in [-0.2, 0) is 11.3 Å². The highest BCUT2D eigenvalue weighted by Crippen LogP contribution is 2.39. The molecule has 1 aromatic heterocycles. The van der Waals surface area contributed by atoms with Crippen LogP contribution in [0, 0.1) is 0 Å². The maximum absolute atomic E-state index is 12.4. The largest absolute Gasteiger partial charge is 0.336 e. The first-order chi connectivity index (χ1) is 14.2. The van der Waals surface area contributed by atoms with Crippen molar-refractivity contribution in [3.63, 3.8) is 0 Å². The van der Waals surface area contributed by atoms with Crippen LogP contribution in [0.1, 0.15) is 29.0 Å². The second-order valence-corrected chi connectivity index (χ2v) is 7.42. The second kappa shape index (κ2) is 7.09. The van der Waals surface area contributed by atoms with Gasteiger partial charge in [0.1, 0.15) is 0 Å². The minimum Gasteiger partial charge on any atom is -0.336 e. The number of benzene rings is 2. The number of urea groups is 1. The van der Waals surface area contributed by atoms with Gasteiger partial charge in [0.2, 0.25) is 5.91 Å². The van der Waals surface area contributed by atoms with Gasteiger partial charge in [-0.1, -0.05) is 36.4 Å². The highest BCUT2D eigenvalue weighted by atomic mass is 16.2. The number of carbonyl (C=O) groups excluding carboxylic acids is 2. The Morgan fingerprint density at radius 3 is 2.76 bits per heavy atom. The molecule has 3 amide bonds. The molecule has 0 radical (unpaired) electrons. The second-order valence-electron chi connectivity index (χ2n) is 7.42. The van der Waals surface area contributed by atoms with Crippen LogP contribution in [0.4, 0.5) is 16.2 Å². The lowest BCUT2D eigenvalue weighted by Gasteiger charge is -2.26. The standard InChI is InChI=1S/C22H21N5O2/c28-21-11-19(16-12-24-26(14-16)13-15-4-2-1-3-5-15)18-7-6-17(10-20(18)25-21)27-9-8-23-22(27)29/h1-7,10,12,14,19H,8-9,11,13H2,(H,23,29)(H,25,28). The van der Waals surface area contributed by atoms with E-state index < -0.39 is 0 Å². The molecule has 0 bridgehead atoms. The number of nitrogens with zero attached hydrogens (tertiary/aromatic N) is 3. The first-order valence-corrected chi connectivity index (χ1v) is 9.73. The van der Waals surface area contributed by atoms with Crippen LogP contribution >= 0.6 is 0 Å². The average molecular weight is 387 g/mol. The van der Waals surface area contributed by atoms with Gasteiger partial charge in [-0.25, -0.2) is 4.79 Å². The zero-order valence-corrected chi connectivity index (χ0v) is 15.8. The number of rotatable bonds is 4. The van der Waals surface area contributed by atoms with Crippen LogP contribution in [0.15, 0.2) is 60.9 Å². The summed E-state index contributed by atoms with van der Waals surface area (Å²) in [5.41, 5.74) is 4.80. The van der Waals surface area contributed by atoms with Gasteiger partial charge in [-0.2, -0.15) is 5.10 Å². The molecule has 7 nitrogen and oxygen atoms in total. The Hall–Kier alpha value is -3.61. The molecule has 29 heavy (non-hydrogen) atoms. The lowest BCUT2D eigenvalue weighted by atomic mass is 9.86. The van der Waals surface area contributed by atoms with E-state index in [0.717, 1.165) is 22.5 Å². The minimum atomic E-state index is -0.106. The van der Waals surface area contributed by atoms with Crippen molar-refractivity contribution in [2.45, 2.75) is 18.9 Å². The Morgan fingerprint density at radius 1 is 1.10 bits per heavy atom. The van der Waals surface area contributed by atoms with E-state index in [9.17, 15) is 9.59 Å². The van der Waals surface area contributed by atoms with Gasteiger partial charge in [-0.15, -0.1) is 0 Å². The molecule has 1 unspecified atom stereocenters. The predicted octanol–water partition coefficient (Wildman–Crippen LogP) is 2.94. The van der Waals surface area contributed by atoms with Gasteiger partial charge in [0, 0.05) is 43.0 Å². The molecular formula is C22H21N5O2. The van der Waals surface area contributed by atoms with Crippen molar-refractivity contribution >= 4 is 23.3 Å². The molecule has 146 valence electrons. The molecule has 1 fully saturated rings. The number of aromatic nitrogens is 2. The maximum atomic E-state index is 12.4. The third-order valence-electron chi connectivity index (χ3n) is 5.49. The summed E-state index contributed by atoms with van der Waals surface area (Å²) in [5.74, 6) is -0.0777. The van der Waals surface area contributed by atoms with Gasteiger partial charge in [0.25, 0.3) is 0 Å². The van der Waals surface area contributed by atoms with Crippen LogP contribution in [0.2, 0.25) is 0 Å². The molecule has 3 heterocycles. The molecule has 7 heteroatoms. The fourth-order valence-electron chi connectivity index (χ4n) is 4.05. The van der Waals surface area contributed by atoms with E-state index in [1.165, 1.54) is 5.56 Å². The van der Waals surface area contributed by atoms with Gasteiger partial charge >= 0.3 is 6.03 Å². The zero-order valence-electron chi connectivity index (χ0n) is 15.8. The van der Waals surface area contributed by atoms with Gasteiger partial charge in [-0.05, 0) is 28.8 Å². The van der Waals surface area contributed by atoms with E-state index in [4.69, 9.17) is 0 Å². The molecule has 2 aliphatic heterocycles. The van der Waals surface area contributed by atoms with E-state index >= 15 is 0 Å². The van der Waals surface area contributed by atoms with Gasteiger partial charge in [-0.3, -0.25) is 14.4 Å². The van der Waals surface area contributed by atoms with E-state index in [2.05, 4.69) is 27.9 Å². The number of nitrogens with one attached hydrogen (secondary N) is 2. The summed E-state index contributed by atoms with van der Waals surface area (Å²) in [4.78, 5) is 26.0. The molecule has 2 aliphatic rings. The van der Waals surface area contributed by atoms with Crippen molar-refractivity contribution in [2.24, 2.45) is 0 Å². The topological polar surface area (TPSA) is 79.3 Å². The summed E-state index contributed by atoms with van der Waals surface area (Å²) in [6.45, 7) is 1.95. The van der Waals surface area contributed by atoms with Crippen LogP contribution in [0.5, 0.6) is 0 Å². The highest BCUT2D eigenvalue weighted by Gasteiger charge is 2.29. The summed E-state index contributed by atoms with van der Waals surface area (Å²) in [5, 5.41) is 10.3. The molecule has 5 rings (SSSR count). The van der Waals surface area contributed by atoms with E-state index in [-0.39, 0.29) is 17.9 Å². The van der Waals surface area contributed by atoms with Crippen LogP contribution < -0.4 is 15.5 Å². The van der Waals surface area contributed by atoms with Crippen molar-refractivity contribution in [3.05, 3.63) is 77.6 Å². The first-order valence-electron chi connectivity index (χ1n) is 9.73. The first kappa shape index (κ1) is 17.5. The van der Waals surface area contributed by atoms with Gasteiger partial charge in [0.05, 0.1) is 12.7 Å². The summed E-state index contributed by atoms with van der Waals surface area (Å²) in [7, 11) is 0. The molecule has 1 atom stereocenters. The monoisotopic (exact) mass is 387 g/mol.